The number of amides is 1. The predicted octanol–water partition coefficient (Wildman–Crippen LogP) is 2.71. The Morgan fingerprint density at radius 1 is 1.13 bits per heavy atom. The molecule has 5 nitrogen and oxygen atoms in total. The summed E-state index contributed by atoms with van der Waals surface area (Å²) >= 11 is 0. The molecule has 118 valence electrons. The Balaban J connectivity index is 1.62. The molecule has 2 aromatic carbocycles. The summed E-state index contributed by atoms with van der Waals surface area (Å²) in [6.07, 6.45) is 0.668. The molecule has 0 spiro atoms. The fourth-order valence-corrected chi connectivity index (χ4v) is 2.45. The van der Waals surface area contributed by atoms with Crippen LogP contribution in [0, 0.1) is 13.8 Å². The van der Waals surface area contributed by atoms with E-state index in [0.717, 1.165) is 11.1 Å². The molecule has 0 aliphatic rings. The van der Waals surface area contributed by atoms with Crippen LogP contribution in [-0.4, -0.2) is 17.4 Å². The van der Waals surface area contributed by atoms with Gasteiger partial charge in [0.25, 0.3) is 5.91 Å². The Kier molecular flexibility index (Phi) is 4.02. The van der Waals surface area contributed by atoms with Crippen molar-refractivity contribution in [1.29, 1.82) is 0 Å². The van der Waals surface area contributed by atoms with E-state index in [-0.39, 0.29) is 5.91 Å². The standard InChI is InChI=1S/C18H18N2O3/c1-11-3-5-14(9-12(11)2)17(21)19-8-7-13-4-6-15-16(10-13)23-18(22)20-15/h3-6,9-10H,7-8H2,1-2H3,(H,19,21)(H,20,22). The van der Waals surface area contributed by atoms with E-state index >= 15 is 0 Å². The zero-order valence-corrected chi connectivity index (χ0v) is 13.1. The number of hydrogen-bond acceptors (Lipinski definition) is 3. The van der Waals surface area contributed by atoms with Gasteiger partial charge in [-0.25, -0.2) is 4.79 Å². The Morgan fingerprint density at radius 3 is 2.74 bits per heavy atom. The molecule has 0 aliphatic carbocycles. The topological polar surface area (TPSA) is 75.1 Å². The molecule has 0 saturated heterocycles. The van der Waals surface area contributed by atoms with Crippen molar-refractivity contribution in [2.75, 3.05) is 6.54 Å². The first-order chi connectivity index (χ1) is 11.0. The Bertz CT molecular complexity index is 921. The van der Waals surface area contributed by atoms with Crippen LogP contribution < -0.4 is 11.1 Å². The van der Waals surface area contributed by atoms with E-state index in [1.807, 2.05) is 44.2 Å². The van der Waals surface area contributed by atoms with Crippen LogP contribution in [-0.2, 0) is 6.42 Å². The SMILES string of the molecule is Cc1ccc(C(=O)NCCc2ccc3[nH]c(=O)oc3c2)cc1C. The molecule has 0 bridgehead atoms. The minimum atomic E-state index is -0.458. The number of aromatic nitrogens is 1. The van der Waals surface area contributed by atoms with Crippen LogP contribution in [0.3, 0.4) is 0 Å². The van der Waals surface area contributed by atoms with Gasteiger partial charge in [0.1, 0.15) is 0 Å². The number of hydrogen-bond donors (Lipinski definition) is 2. The molecule has 1 heterocycles. The molecule has 0 saturated carbocycles. The third-order valence-electron chi connectivity index (χ3n) is 3.95. The lowest BCUT2D eigenvalue weighted by Crippen LogP contribution is -2.25. The van der Waals surface area contributed by atoms with Gasteiger partial charge in [-0.3, -0.25) is 9.78 Å². The van der Waals surface area contributed by atoms with Gasteiger partial charge in [-0.2, -0.15) is 0 Å². The summed E-state index contributed by atoms with van der Waals surface area (Å²) in [5.41, 5.74) is 5.15. The molecular formula is C18H18N2O3. The number of aryl methyl sites for hydroxylation is 2. The Labute approximate surface area is 133 Å². The molecule has 3 rings (SSSR count). The normalized spacial score (nSPS) is 10.9. The van der Waals surface area contributed by atoms with Gasteiger partial charge in [0.05, 0.1) is 5.52 Å². The maximum absolute atomic E-state index is 12.1. The van der Waals surface area contributed by atoms with E-state index in [1.54, 1.807) is 6.07 Å². The molecule has 2 N–H and O–H groups in total. The van der Waals surface area contributed by atoms with Gasteiger partial charge in [-0.05, 0) is 61.2 Å². The maximum atomic E-state index is 12.1. The van der Waals surface area contributed by atoms with Crippen LogP contribution in [0.15, 0.2) is 45.6 Å². The van der Waals surface area contributed by atoms with Gasteiger partial charge in [0, 0.05) is 12.1 Å². The molecule has 0 unspecified atom stereocenters. The van der Waals surface area contributed by atoms with Gasteiger partial charge in [-0.15, -0.1) is 0 Å². The summed E-state index contributed by atoms with van der Waals surface area (Å²) in [5, 5.41) is 2.91. The second-order valence-electron chi connectivity index (χ2n) is 5.65. The molecule has 0 radical (unpaired) electrons. The molecule has 3 aromatic rings. The van der Waals surface area contributed by atoms with Crippen molar-refractivity contribution in [3.63, 3.8) is 0 Å². The molecule has 0 atom stereocenters. The quantitative estimate of drug-likeness (QED) is 0.778. The maximum Gasteiger partial charge on any atom is 0.417 e. The van der Waals surface area contributed by atoms with Crippen molar-refractivity contribution in [2.24, 2.45) is 0 Å². The second-order valence-corrected chi connectivity index (χ2v) is 5.65. The molecule has 23 heavy (non-hydrogen) atoms. The molecule has 1 aromatic heterocycles. The first-order valence-electron chi connectivity index (χ1n) is 7.50. The zero-order valence-electron chi connectivity index (χ0n) is 13.1. The molecular weight excluding hydrogens is 292 g/mol. The fraction of sp³-hybridized carbons (Fsp3) is 0.222. The molecule has 1 amide bonds. The summed E-state index contributed by atoms with van der Waals surface area (Å²) in [4.78, 5) is 25.9. The monoisotopic (exact) mass is 310 g/mol. The van der Waals surface area contributed by atoms with E-state index in [0.29, 0.717) is 29.6 Å². The predicted molar refractivity (Wildman–Crippen MR) is 88.8 cm³/mol. The number of aromatic amines is 1. The van der Waals surface area contributed by atoms with Crippen molar-refractivity contribution in [3.05, 3.63) is 69.2 Å². The highest BCUT2D eigenvalue weighted by Gasteiger charge is 2.07. The van der Waals surface area contributed by atoms with Crippen LogP contribution in [0.2, 0.25) is 0 Å². The number of nitrogens with one attached hydrogen (secondary N) is 2. The van der Waals surface area contributed by atoms with Crippen molar-refractivity contribution in [3.8, 4) is 0 Å². The second kappa shape index (κ2) is 6.12. The third-order valence-corrected chi connectivity index (χ3v) is 3.95. The van der Waals surface area contributed by atoms with Gasteiger partial charge >= 0.3 is 5.76 Å². The van der Waals surface area contributed by atoms with E-state index < -0.39 is 5.76 Å². The van der Waals surface area contributed by atoms with E-state index in [2.05, 4.69) is 10.3 Å². The smallest absolute Gasteiger partial charge is 0.408 e. The van der Waals surface area contributed by atoms with E-state index in [9.17, 15) is 9.59 Å². The van der Waals surface area contributed by atoms with Gasteiger partial charge in [0.2, 0.25) is 0 Å². The summed E-state index contributed by atoms with van der Waals surface area (Å²) in [6, 6.07) is 11.2. The van der Waals surface area contributed by atoms with Crippen molar-refractivity contribution < 1.29 is 9.21 Å². The van der Waals surface area contributed by atoms with Crippen LogP contribution in [0.25, 0.3) is 11.1 Å². The van der Waals surface area contributed by atoms with Gasteiger partial charge in [-0.1, -0.05) is 12.1 Å². The van der Waals surface area contributed by atoms with Crippen molar-refractivity contribution in [1.82, 2.24) is 10.3 Å². The number of benzene rings is 2. The summed E-state index contributed by atoms with van der Waals surface area (Å²) in [5.74, 6) is -0.539. The van der Waals surface area contributed by atoms with E-state index in [4.69, 9.17) is 4.42 Å². The lowest BCUT2D eigenvalue weighted by molar-refractivity contribution is 0.0954. The minimum Gasteiger partial charge on any atom is -0.408 e. The van der Waals surface area contributed by atoms with Gasteiger partial charge in [0.15, 0.2) is 5.58 Å². The van der Waals surface area contributed by atoms with E-state index in [1.165, 1.54) is 5.56 Å². The number of H-pyrrole nitrogens is 1. The van der Waals surface area contributed by atoms with Crippen LogP contribution in [0.5, 0.6) is 0 Å². The average molecular weight is 310 g/mol. The number of rotatable bonds is 4. The highest BCUT2D eigenvalue weighted by atomic mass is 16.4. The molecule has 5 heteroatoms. The fourth-order valence-electron chi connectivity index (χ4n) is 2.45. The van der Waals surface area contributed by atoms with Crippen molar-refractivity contribution in [2.45, 2.75) is 20.3 Å². The third kappa shape index (κ3) is 3.34. The highest BCUT2D eigenvalue weighted by molar-refractivity contribution is 5.94. The van der Waals surface area contributed by atoms with Crippen molar-refractivity contribution >= 4 is 17.0 Å². The van der Waals surface area contributed by atoms with Gasteiger partial charge < -0.3 is 9.73 Å². The lowest BCUT2D eigenvalue weighted by Gasteiger charge is -2.07. The summed E-state index contributed by atoms with van der Waals surface area (Å²) in [7, 11) is 0. The minimum absolute atomic E-state index is 0.0812. The molecule has 0 aliphatic heterocycles. The summed E-state index contributed by atoms with van der Waals surface area (Å²) in [6.45, 7) is 4.53. The molecule has 0 fully saturated rings. The first-order valence-corrected chi connectivity index (χ1v) is 7.50. The van der Waals surface area contributed by atoms with Crippen LogP contribution in [0.1, 0.15) is 27.0 Å². The number of carbonyl (C=O) groups is 1. The highest BCUT2D eigenvalue weighted by Crippen LogP contribution is 2.13. The number of oxazole rings is 1. The van der Waals surface area contributed by atoms with Crippen LogP contribution in [0.4, 0.5) is 0 Å². The summed E-state index contributed by atoms with van der Waals surface area (Å²) < 4.78 is 5.03. The zero-order chi connectivity index (χ0) is 16.4. The largest absolute Gasteiger partial charge is 0.417 e. The Morgan fingerprint density at radius 2 is 1.96 bits per heavy atom. The lowest BCUT2D eigenvalue weighted by atomic mass is 10.1. The van der Waals surface area contributed by atoms with Crippen LogP contribution >= 0.6 is 0 Å². The Hall–Kier alpha value is -2.82. The average Bonchev–Trinajstić information content (AvgIpc) is 2.89. The number of fused-ring (bicyclic) bond motifs is 1. The number of carbonyl (C=O) groups excluding carboxylic acids is 1. The first kappa shape index (κ1) is 15.1.